The molecule has 3 aromatic rings. The molecule has 1 aliphatic carbocycles. The lowest BCUT2D eigenvalue weighted by Crippen LogP contribution is -2.21. The predicted molar refractivity (Wildman–Crippen MR) is 104 cm³/mol. The van der Waals surface area contributed by atoms with Crippen LogP contribution in [0.5, 0.6) is 11.5 Å². The number of fused-ring (bicyclic) bond motifs is 3. The van der Waals surface area contributed by atoms with Gasteiger partial charge >= 0.3 is 0 Å². The zero-order valence-corrected chi connectivity index (χ0v) is 15.4. The number of rotatable bonds is 5. The van der Waals surface area contributed by atoms with Gasteiger partial charge in [0.1, 0.15) is 23.7 Å². The highest BCUT2D eigenvalue weighted by atomic mass is 16.6. The molecule has 3 aromatic carbocycles. The zero-order chi connectivity index (χ0) is 18.3. The molecule has 0 aromatic heterocycles. The van der Waals surface area contributed by atoms with Gasteiger partial charge in [-0.15, -0.1) is 0 Å². The molecule has 0 saturated carbocycles. The number of hydrogen-bond donors (Lipinski definition) is 0. The lowest BCUT2D eigenvalue weighted by atomic mass is 9.78. The molecule has 2 unspecified atom stereocenters. The van der Waals surface area contributed by atoms with Gasteiger partial charge in [-0.3, -0.25) is 0 Å². The van der Waals surface area contributed by atoms with Gasteiger partial charge in [0, 0.05) is 0 Å². The van der Waals surface area contributed by atoms with Gasteiger partial charge in [0.05, 0.1) is 13.2 Å². The summed E-state index contributed by atoms with van der Waals surface area (Å²) in [6.45, 7) is 0.576. The number of epoxide rings is 1. The van der Waals surface area contributed by atoms with Crippen LogP contribution in [0.25, 0.3) is 0 Å². The van der Waals surface area contributed by atoms with Crippen molar-refractivity contribution in [3.63, 3.8) is 0 Å². The molecular weight excluding hydrogens is 336 g/mol. The molecule has 0 radical (unpaired) electrons. The van der Waals surface area contributed by atoms with Crippen LogP contribution < -0.4 is 9.47 Å². The Morgan fingerprint density at radius 3 is 2.52 bits per heavy atom. The van der Waals surface area contributed by atoms with E-state index >= 15 is 0 Å². The minimum Gasteiger partial charge on any atom is -0.497 e. The first-order chi connectivity index (χ1) is 13.3. The summed E-state index contributed by atoms with van der Waals surface area (Å²) in [7, 11) is 1.71. The van der Waals surface area contributed by atoms with Crippen LogP contribution in [-0.2, 0) is 23.4 Å². The van der Waals surface area contributed by atoms with Crippen LogP contribution in [0, 0.1) is 0 Å². The van der Waals surface area contributed by atoms with E-state index in [1.54, 1.807) is 7.11 Å². The molecule has 2 atom stereocenters. The maximum absolute atomic E-state index is 6.24. The summed E-state index contributed by atoms with van der Waals surface area (Å²) in [6, 6.07) is 24.9. The third-order valence-electron chi connectivity index (χ3n) is 5.64. The summed E-state index contributed by atoms with van der Waals surface area (Å²) in [5.41, 5.74) is 4.68. The van der Waals surface area contributed by atoms with E-state index < -0.39 is 0 Å². The van der Waals surface area contributed by atoms with Gasteiger partial charge in [0.2, 0.25) is 0 Å². The largest absolute Gasteiger partial charge is 0.497 e. The minimum atomic E-state index is -0.294. The molecule has 1 heterocycles. The fourth-order valence-corrected chi connectivity index (χ4v) is 4.19. The van der Waals surface area contributed by atoms with Crippen molar-refractivity contribution in [2.75, 3.05) is 7.11 Å². The molecule has 1 aliphatic heterocycles. The minimum absolute atomic E-state index is 0.273. The number of ether oxygens (including phenoxy) is 3. The molecule has 3 heteroatoms. The van der Waals surface area contributed by atoms with E-state index in [1.807, 2.05) is 36.4 Å². The molecule has 0 spiro atoms. The van der Waals surface area contributed by atoms with Crippen LogP contribution in [0.2, 0.25) is 0 Å². The van der Waals surface area contributed by atoms with Gasteiger partial charge in [-0.2, -0.15) is 0 Å². The molecule has 27 heavy (non-hydrogen) atoms. The monoisotopic (exact) mass is 358 g/mol. The second-order valence-corrected chi connectivity index (χ2v) is 7.20. The highest BCUT2D eigenvalue weighted by molar-refractivity contribution is 5.52. The second kappa shape index (κ2) is 6.43. The zero-order valence-electron chi connectivity index (χ0n) is 15.4. The average molecular weight is 358 g/mol. The first kappa shape index (κ1) is 16.4. The van der Waals surface area contributed by atoms with E-state index in [1.165, 1.54) is 22.3 Å². The van der Waals surface area contributed by atoms with E-state index in [2.05, 4.69) is 36.4 Å². The summed E-state index contributed by atoms with van der Waals surface area (Å²) < 4.78 is 17.6. The standard InChI is InChI=1S/C24H22O3/c1-25-21-12-13-22-18(15-21)7-14-23-24(22,27-23)19-8-10-20(11-9-19)26-16-17-5-3-2-4-6-17/h2-6,8-13,15,23H,7,14,16H2,1H3. The van der Waals surface area contributed by atoms with Gasteiger partial charge in [0.15, 0.2) is 0 Å². The van der Waals surface area contributed by atoms with Crippen molar-refractivity contribution in [3.05, 3.63) is 95.1 Å². The van der Waals surface area contributed by atoms with Crippen molar-refractivity contribution >= 4 is 0 Å². The normalized spacial score (nSPS) is 22.5. The van der Waals surface area contributed by atoms with E-state index in [4.69, 9.17) is 14.2 Å². The van der Waals surface area contributed by atoms with Crippen LogP contribution in [0.4, 0.5) is 0 Å². The lowest BCUT2D eigenvalue weighted by molar-refractivity contribution is 0.305. The fourth-order valence-electron chi connectivity index (χ4n) is 4.19. The molecule has 1 fully saturated rings. The lowest BCUT2D eigenvalue weighted by Gasteiger charge is -2.23. The van der Waals surface area contributed by atoms with Gasteiger partial charge in [-0.1, -0.05) is 48.5 Å². The fraction of sp³-hybridized carbons (Fsp3) is 0.250. The van der Waals surface area contributed by atoms with E-state index in [-0.39, 0.29) is 11.7 Å². The third-order valence-corrected chi connectivity index (χ3v) is 5.64. The Hall–Kier alpha value is -2.78. The molecule has 0 amide bonds. The van der Waals surface area contributed by atoms with Gasteiger partial charge in [-0.05, 0) is 59.4 Å². The number of aryl methyl sites for hydroxylation is 1. The number of benzene rings is 3. The molecule has 2 aliphatic rings. The summed E-state index contributed by atoms with van der Waals surface area (Å²) >= 11 is 0. The Bertz CT molecular complexity index is 949. The highest BCUT2D eigenvalue weighted by Gasteiger charge is 2.61. The van der Waals surface area contributed by atoms with E-state index in [0.29, 0.717) is 6.61 Å². The van der Waals surface area contributed by atoms with Crippen molar-refractivity contribution in [2.24, 2.45) is 0 Å². The van der Waals surface area contributed by atoms with Crippen molar-refractivity contribution < 1.29 is 14.2 Å². The predicted octanol–water partition coefficient (Wildman–Crippen LogP) is 4.86. The molecule has 0 N–H and O–H groups in total. The Balaban J connectivity index is 1.38. The van der Waals surface area contributed by atoms with Crippen LogP contribution in [0.3, 0.4) is 0 Å². The van der Waals surface area contributed by atoms with Crippen LogP contribution in [0.1, 0.15) is 28.7 Å². The van der Waals surface area contributed by atoms with Crippen molar-refractivity contribution in [1.82, 2.24) is 0 Å². The maximum Gasteiger partial charge on any atom is 0.145 e. The molecular formula is C24H22O3. The quantitative estimate of drug-likeness (QED) is 0.610. The van der Waals surface area contributed by atoms with Crippen molar-refractivity contribution in [1.29, 1.82) is 0 Å². The van der Waals surface area contributed by atoms with Crippen LogP contribution in [-0.4, -0.2) is 13.2 Å². The van der Waals surface area contributed by atoms with Gasteiger partial charge in [-0.25, -0.2) is 0 Å². The van der Waals surface area contributed by atoms with Crippen LogP contribution in [0.15, 0.2) is 72.8 Å². The summed E-state index contributed by atoms with van der Waals surface area (Å²) in [4.78, 5) is 0. The summed E-state index contributed by atoms with van der Waals surface area (Å²) in [6.07, 6.45) is 2.36. The first-order valence-electron chi connectivity index (χ1n) is 9.42. The summed E-state index contributed by atoms with van der Waals surface area (Å²) in [5, 5.41) is 0. The second-order valence-electron chi connectivity index (χ2n) is 7.20. The maximum atomic E-state index is 6.24. The summed E-state index contributed by atoms with van der Waals surface area (Å²) in [5.74, 6) is 1.79. The Morgan fingerprint density at radius 2 is 1.74 bits per heavy atom. The Labute approximate surface area is 159 Å². The van der Waals surface area contributed by atoms with Gasteiger partial charge in [0.25, 0.3) is 0 Å². The molecule has 5 rings (SSSR count). The molecule has 3 nitrogen and oxygen atoms in total. The average Bonchev–Trinajstić information content (AvgIpc) is 3.49. The number of methoxy groups -OCH3 is 1. The SMILES string of the molecule is COc1ccc2c(c1)CCC1OC21c1ccc(OCc2ccccc2)cc1. The molecule has 1 saturated heterocycles. The van der Waals surface area contributed by atoms with Crippen LogP contribution >= 0.6 is 0 Å². The van der Waals surface area contributed by atoms with E-state index in [0.717, 1.165) is 24.3 Å². The Kier molecular flexibility index (Phi) is 3.91. The van der Waals surface area contributed by atoms with Crippen molar-refractivity contribution in [3.8, 4) is 11.5 Å². The molecule has 136 valence electrons. The number of hydrogen-bond acceptors (Lipinski definition) is 3. The smallest absolute Gasteiger partial charge is 0.145 e. The van der Waals surface area contributed by atoms with Gasteiger partial charge < -0.3 is 14.2 Å². The third kappa shape index (κ3) is 2.79. The highest BCUT2D eigenvalue weighted by Crippen LogP contribution is 2.57. The van der Waals surface area contributed by atoms with E-state index in [9.17, 15) is 0 Å². The first-order valence-corrected chi connectivity index (χ1v) is 9.42. The Morgan fingerprint density at radius 1 is 0.963 bits per heavy atom. The topological polar surface area (TPSA) is 31.0 Å². The molecule has 0 bridgehead atoms. The van der Waals surface area contributed by atoms with Crippen molar-refractivity contribution in [2.45, 2.75) is 31.2 Å².